The normalized spacial score (nSPS) is 17.6. The Kier molecular flexibility index (Phi) is 3.36. The Morgan fingerprint density at radius 2 is 2.00 bits per heavy atom. The molecule has 0 radical (unpaired) electrons. The Balaban J connectivity index is 2.11. The van der Waals surface area contributed by atoms with Crippen molar-refractivity contribution in [2.75, 3.05) is 19.4 Å². The van der Waals surface area contributed by atoms with Crippen LogP contribution in [-0.2, 0) is 6.42 Å². The van der Waals surface area contributed by atoms with Crippen LogP contribution in [0.2, 0.25) is 0 Å². The van der Waals surface area contributed by atoms with Gasteiger partial charge in [0.05, 0.1) is 13.2 Å². The number of rotatable bonds is 2. The van der Waals surface area contributed by atoms with E-state index >= 15 is 0 Å². The summed E-state index contributed by atoms with van der Waals surface area (Å²) < 4.78 is 5.36. The Labute approximate surface area is 119 Å². The number of hydrogen-bond acceptors (Lipinski definition) is 3. The molecule has 20 heavy (non-hydrogen) atoms. The predicted octanol–water partition coefficient (Wildman–Crippen LogP) is 2.82. The first-order valence-electron chi connectivity index (χ1n) is 6.95. The van der Waals surface area contributed by atoms with Crippen molar-refractivity contribution in [1.82, 2.24) is 5.32 Å². The summed E-state index contributed by atoms with van der Waals surface area (Å²) in [6, 6.07) is 12.7. The number of hydrogen-bond donors (Lipinski definition) is 2. The van der Waals surface area contributed by atoms with Crippen molar-refractivity contribution >= 4 is 5.69 Å². The molecule has 3 heteroatoms. The van der Waals surface area contributed by atoms with Crippen LogP contribution < -0.4 is 15.8 Å². The molecule has 0 aliphatic carbocycles. The van der Waals surface area contributed by atoms with Gasteiger partial charge in [-0.15, -0.1) is 0 Å². The molecule has 3 N–H and O–H groups in total. The van der Waals surface area contributed by atoms with E-state index in [-0.39, 0.29) is 6.04 Å². The van der Waals surface area contributed by atoms with Crippen molar-refractivity contribution in [2.24, 2.45) is 0 Å². The molecule has 1 aliphatic heterocycles. The zero-order chi connectivity index (χ0) is 14.1. The number of ether oxygens (including phenoxy) is 1. The van der Waals surface area contributed by atoms with Crippen molar-refractivity contribution in [1.29, 1.82) is 0 Å². The van der Waals surface area contributed by atoms with Gasteiger partial charge in [0.25, 0.3) is 0 Å². The van der Waals surface area contributed by atoms with Gasteiger partial charge >= 0.3 is 0 Å². The first-order chi connectivity index (χ1) is 9.69. The summed E-state index contributed by atoms with van der Waals surface area (Å²) in [5, 5.41) is 3.58. The zero-order valence-electron chi connectivity index (χ0n) is 11.9. The van der Waals surface area contributed by atoms with Gasteiger partial charge in [-0.05, 0) is 48.2 Å². The van der Waals surface area contributed by atoms with Crippen molar-refractivity contribution in [3.05, 3.63) is 58.7 Å². The molecule has 0 saturated carbocycles. The topological polar surface area (TPSA) is 47.3 Å². The van der Waals surface area contributed by atoms with Gasteiger partial charge in [0.1, 0.15) is 5.75 Å². The van der Waals surface area contributed by atoms with Crippen LogP contribution >= 0.6 is 0 Å². The lowest BCUT2D eigenvalue weighted by Crippen LogP contribution is -2.31. The number of nitrogens with two attached hydrogens (primary N) is 1. The molecule has 2 aromatic carbocycles. The van der Waals surface area contributed by atoms with Crippen molar-refractivity contribution < 1.29 is 4.74 Å². The van der Waals surface area contributed by atoms with Crippen LogP contribution in [0.4, 0.5) is 5.69 Å². The highest BCUT2D eigenvalue weighted by atomic mass is 16.5. The lowest BCUT2D eigenvalue weighted by atomic mass is 9.88. The Hall–Kier alpha value is -2.00. The molecule has 2 aromatic rings. The summed E-state index contributed by atoms with van der Waals surface area (Å²) in [6.45, 7) is 3.07. The monoisotopic (exact) mass is 268 g/mol. The smallest absolute Gasteiger partial charge is 0.119 e. The third-order valence-corrected chi connectivity index (χ3v) is 3.96. The fraction of sp³-hybridized carbons (Fsp3) is 0.294. The minimum atomic E-state index is 0.147. The largest absolute Gasteiger partial charge is 0.497 e. The minimum absolute atomic E-state index is 0.147. The number of fused-ring (bicyclic) bond motifs is 1. The number of anilines is 1. The Morgan fingerprint density at radius 1 is 1.15 bits per heavy atom. The van der Waals surface area contributed by atoms with Gasteiger partial charge in [-0.1, -0.05) is 23.8 Å². The first-order valence-corrected chi connectivity index (χ1v) is 6.95. The highest BCUT2D eigenvalue weighted by Crippen LogP contribution is 2.34. The summed E-state index contributed by atoms with van der Waals surface area (Å²) in [5.41, 5.74) is 12.0. The van der Waals surface area contributed by atoms with E-state index in [0.29, 0.717) is 0 Å². The van der Waals surface area contributed by atoms with Crippen molar-refractivity contribution in [3.63, 3.8) is 0 Å². The van der Waals surface area contributed by atoms with E-state index < -0.39 is 0 Å². The molecular formula is C17H20N2O. The van der Waals surface area contributed by atoms with E-state index in [1.54, 1.807) is 7.11 Å². The van der Waals surface area contributed by atoms with Crippen molar-refractivity contribution in [3.8, 4) is 5.75 Å². The molecule has 1 atom stereocenters. The van der Waals surface area contributed by atoms with E-state index in [1.165, 1.54) is 16.7 Å². The molecule has 104 valence electrons. The van der Waals surface area contributed by atoms with E-state index in [9.17, 15) is 0 Å². The molecule has 3 rings (SSSR count). The maximum atomic E-state index is 6.18. The van der Waals surface area contributed by atoms with Gasteiger partial charge in [0, 0.05) is 12.2 Å². The maximum Gasteiger partial charge on any atom is 0.119 e. The fourth-order valence-corrected chi connectivity index (χ4v) is 2.88. The van der Waals surface area contributed by atoms with Gasteiger partial charge in [0.2, 0.25) is 0 Å². The molecule has 1 unspecified atom stereocenters. The molecular weight excluding hydrogens is 248 g/mol. The molecule has 0 fully saturated rings. The number of methoxy groups -OCH3 is 1. The Bertz CT molecular complexity index is 637. The molecule has 0 saturated heterocycles. The minimum Gasteiger partial charge on any atom is -0.497 e. The lowest BCUT2D eigenvalue weighted by Gasteiger charge is -2.29. The van der Waals surface area contributed by atoms with Gasteiger partial charge in [0.15, 0.2) is 0 Å². The van der Waals surface area contributed by atoms with Crippen LogP contribution in [0.1, 0.15) is 28.3 Å². The maximum absolute atomic E-state index is 6.18. The molecule has 0 amide bonds. The van der Waals surface area contributed by atoms with Gasteiger partial charge in [-0.2, -0.15) is 0 Å². The summed E-state index contributed by atoms with van der Waals surface area (Å²) in [7, 11) is 1.70. The van der Waals surface area contributed by atoms with E-state index in [2.05, 4.69) is 30.4 Å². The fourth-order valence-electron chi connectivity index (χ4n) is 2.88. The third-order valence-electron chi connectivity index (χ3n) is 3.96. The molecule has 0 aromatic heterocycles. The Morgan fingerprint density at radius 3 is 2.80 bits per heavy atom. The van der Waals surface area contributed by atoms with E-state index in [4.69, 9.17) is 10.5 Å². The van der Waals surface area contributed by atoms with E-state index in [0.717, 1.165) is 30.0 Å². The van der Waals surface area contributed by atoms with E-state index in [1.807, 2.05) is 18.2 Å². The average molecular weight is 268 g/mol. The third kappa shape index (κ3) is 2.25. The van der Waals surface area contributed by atoms with Gasteiger partial charge < -0.3 is 15.8 Å². The molecule has 3 nitrogen and oxygen atoms in total. The summed E-state index contributed by atoms with van der Waals surface area (Å²) >= 11 is 0. The predicted molar refractivity (Wildman–Crippen MR) is 82.1 cm³/mol. The van der Waals surface area contributed by atoms with Crippen molar-refractivity contribution in [2.45, 2.75) is 19.4 Å². The lowest BCUT2D eigenvalue weighted by molar-refractivity contribution is 0.412. The SMILES string of the molecule is COc1ccc2c(c1)C(c1cc(C)ccc1N)NCC2. The first kappa shape index (κ1) is 13.0. The quantitative estimate of drug-likeness (QED) is 0.823. The summed E-state index contributed by atoms with van der Waals surface area (Å²) in [6.07, 6.45) is 1.04. The second kappa shape index (κ2) is 5.17. The van der Waals surface area contributed by atoms with Crippen LogP contribution in [-0.4, -0.2) is 13.7 Å². The summed E-state index contributed by atoms with van der Waals surface area (Å²) in [4.78, 5) is 0. The number of nitrogens with one attached hydrogen (secondary N) is 1. The van der Waals surface area contributed by atoms with Crippen LogP contribution in [0, 0.1) is 6.92 Å². The second-order valence-corrected chi connectivity index (χ2v) is 5.33. The molecule has 0 bridgehead atoms. The standard InChI is InChI=1S/C17H20N2O/c1-11-3-6-16(18)15(9-11)17-14-10-13(20-2)5-4-12(14)7-8-19-17/h3-6,9-10,17,19H,7-8,18H2,1-2H3. The highest BCUT2D eigenvalue weighted by molar-refractivity contribution is 5.55. The van der Waals surface area contributed by atoms with Crippen LogP contribution in [0.15, 0.2) is 36.4 Å². The average Bonchev–Trinajstić information content (AvgIpc) is 2.48. The zero-order valence-corrected chi connectivity index (χ0v) is 11.9. The summed E-state index contributed by atoms with van der Waals surface area (Å²) in [5.74, 6) is 0.892. The molecule has 1 heterocycles. The number of nitrogen functional groups attached to an aromatic ring is 1. The van der Waals surface area contributed by atoms with Crippen LogP contribution in [0.3, 0.4) is 0 Å². The van der Waals surface area contributed by atoms with Gasteiger partial charge in [-0.3, -0.25) is 0 Å². The molecule has 1 aliphatic rings. The van der Waals surface area contributed by atoms with Gasteiger partial charge in [-0.25, -0.2) is 0 Å². The highest BCUT2D eigenvalue weighted by Gasteiger charge is 2.23. The number of aryl methyl sites for hydroxylation is 1. The number of benzene rings is 2. The molecule has 0 spiro atoms. The van der Waals surface area contributed by atoms with Crippen LogP contribution in [0.5, 0.6) is 5.75 Å². The van der Waals surface area contributed by atoms with Crippen LogP contribution in [0.25, 0.3) is 0 Å². The second-order valence-electron chi connectivity index (χ2n) is 5.33.